The van der Waals surface area contributed by atoms with Crippen molar-refractivity contribution in [3.63, 3.8) is 0 Å². The van der Waals surface area contributed by atoms with Crippen LogP contribution in [0.4, 0.5) is 0 Å². The van der Waals surface area contributed by atoms with Crippen molar-refractivity contribution in [3.05, 3.63) is 29.3 Å². The number of nitrogens with zero attached hydrogens (tertiary/aromatic N) is 1. The molecule has 0 saturated heterocycles. The number of aromatic nitrogens is 1. The topological polar surface area (TPSA) is 62.2 Å². The fourth-order valence-electron chi connectivity index (χ4n) is 2.50. The van der Waals surface area contributed by atoms with Crippen LogP contribution in [0.25, 0.3) is 10.2 Å². The number of para-hydroxylation sites is 1. The normalized spacial score (nSPS) is 17.7. The number of hydrogen-bond acceptors (Lipinski definition) is 4. The van der Waals surface area contributed by atoms with Crippen LogP contribution in [0.5, 0.6) is 0 Å². The van der Waals surface area contributed by atoms with E-state index in [0.717, 1.165) is 28.1 Å². The third-order valence-corrected chi connectivity index (χ3v) is 4.63. The Bertz CT molecular complexity index is 569. The molecule has 0 unspecified atom stereocenters. The lowest BCUT2D eigenvalue weighted by Gasteiger charge is -2.20. The highest BCUT2D eigenvalue weighted by atomic mass is 32.1. The Labute approximate surface area is 115 Å². The molecule has 1 aromatic carbocycles. The van der Waals surface area contributed by atoms with Gasteiger partial charge in [-0.1, -0.05) is 12.1 Å². The Kier molecular flexibility index (Phi) is 3.24. The van der Waals surface area contributed by atoms with Crippen molar-refractivity contribution in [2.45, 2.75) is 37.8 Å². The molecule has 100 valence electrons. The molecule has 0 bridgehead atoms. The van der Waals surface area contributed by atoms with Crippen LogP contribution in [0, 0.1) is 0 Å². The first-order valence-electron chi connectivity index (χ1n) is 6.52. The predicted molar refractivity (Wildman–Crippen MR) is 74.9 cm³/mol. The zero-order chi connectivity index (χ0) is 13.3. The van der Waals surface area contributed by atoms with Gasteiger partial charge in [0.15, 0.2) is 0 Å². The molecule has 0 atom stereocenters. The highest BCUT2D eigenvalue weighted by Crippen LogP contribution is 2.29. The van der Waals surface area contributed by atoms with Crippen molar-refractivity contribution in [1.82, 2.24) is 10.3 Å². The Balaban J connectivity index is 1.67. The average molecular weight is 276 g/mol. The summed E-state index contributed by atoms with van der Waals surface area (Å²) in [6.07, 6.45) is 2.98. The van der Waals surface area contributed by atoms with Crippen LogP contribution < -0.4 is 5.32 Å². The van der Waals surface area contributed by atoms with Crippen LogP contribution in [-0.2, 0) is 11.3 Å². The van der Waals surface area contributed by atoms with Gasteiger partial charge >= 0.3 is 0 Å². The summed E-state index contributed by atoms with van der Waals surface area (Å²) in [5.74, 6) is -0.260. The van der Waals surface area contributed by atoms with Gasteiger partial charge in [0.05, 0.1) is 16.8 Å². The first-order valence-corrected chi connectivity index (χ1v) is 7.34. The zero-order valence-electron chi connectivity index (χ0n) is 10.6. The largest absolute Gasteiger partial charge is 0.380 e. The molecule has 2 N–H and O–H groups in total. The van der Waals surface area contributed by atoms with Crippen molar-refractivity contribution in [3.8, 4) is 0 Å². The van der Waals surface area contributed by atoms with E-state index in [4.69, 9.17) is 0 Å². The average Bonchev–Trinajstić information content (AvgIpc) is 3.02. The molecule has 0 radical (unpaired) electrons. The van der Waals surface area contributed by atoms with E-state index in [2.05, 4.69) is 10.3 Å². The minimum Gasteiger partial charge on any atom is -0.380 e. The Hall–Kier alpha value is -1.46. The second-order valence-electron chi connectivity index (χ2n) is 5.00. The van der Waals surface area contributed by atoms with Crippen molar-refractivity contribution < 1.29 is 9.90 Å². The maximum atomic E-state index is 12.0. The summed E-state index contributed by atoms with van der Waals surface area (Å²) in [5, 5.41) is 13.8. The number of thiazole rings is 1. The van der Waals surface area contributed by atoms with Gasteiger partial charge in [-0.3, -0.25) is 4.79 Å². The van der Waals surface area contributed by atoms with Gasteiger partial charge in [0.2, 0.25) is 0 Å². The van der Waals surface area contributed by atoms with Crippen LogP contribution in [0.15, 0.2) is 24.3 Å². The monoisotopic (exact) mass is 276 g/mol. The van der Waals surface area contributed by atoms with Crippen LogP contribution in [0.1, 0.15) is 30.7 Å². The number of amides is 1. The van der Waals surface area contributed by atoms with Crippen LogP contribution >= 0.6 is 11.3 Å². The van der Waals surface area contributed by atoms with Crippen molar-refractivity contribution in [2.75, 3.05) is 0 Å². The quantitative estimate of drug-likeness (QED) is 0.903. The summed E-state index contributed by atoms with van der Waals surface area (Å²) in [7, 11) is 0. The Morgan fingerprint density at radius 2 is 2.11 bits per heavy atom. The van der Waals surface area contributed by atoms with Gasteiger partial charge < -0.3 is 10.4 Å². The third kappa shape index (κ3) is 2.48. The molecule has 0 aliphatic heterocycles. The molecule has 1 aliphatic rings. The standard InChI is InChI=1S/C14H16N2O2S/c17-13(14(18)7-3-4-8-14)15-9-12-16-10-5-1-2-6-11(10)19-12/h1-2,5-6,18H,3-4,7-9H2,(H,15,17). The van der Waals surface area contributed by atoms with E-state index >= 15 is 0 Å². The van der Waals surface area contributed by atoms with Crippen LogP contribution in [0.2, 0.25) is 0 Å². The van der Waals surface area contributed by atoms with Gasteiger partial charge in [0.25, 0.3) is 5.91 Å². The van der Waals surface area contributed by atoms with E-state index in [0.29, 0.717) is 19.4 Å². The molecule has 1 fully saturated rings. The molecule has 1 heterocycles. The number of aliphatic hydroxyl groups is 1. The maximum absolute atomic E-state index is 12.0. The van der Waals surface area contributed by atoms with E-state index in [1.165, 1.54) is 0 Å². The van der Waals surface area contributed by atoms with Gasteiger partial charge in [-0.05, 0) is 37.8 Å². The summed E-state index contributed by atoms with van der Waals surface area (Å²) < 4.78 is 1.12. The predicted octanol–water partition coefficient (Wildman–Crippen LogP) is 2.22. The third-order valence-electron chi connectivity index (χ3n) is 3.59. The summed E-state index contributed by atoms with van der Waals surface area (Å²) in [6.45, 7) is 0.389. The Morgan fingerprint density at radius 3 is 2.84 bits per heavy atom. The fourth-order valence-corrected chi connectivity index (χ4v) is 3.41. The number of nitrogens with one attached hydrogen (secondary N) is 1. The lowest BCUT2D eigenvalue weighted by molar-refractivity contribution is -0.139. The van der Waals surface area contributed by atoms with Gasteiger partial charge in [-0.15, -0.1) is 11.3 Å². The first-order chi connectivity index (χ1) is 9.17. The molecular weight excluding hydrogens is 260 g/mol. The molecule has 2 aromatic rings. The number of hydrogen-bond donors (Lipinski definition) is 2. The van der Waals surface area contributed by atoms with E-state index in [9.17, 15) is 9.90 Å². The van der Waals surface area contributed by atoms with Crippen molar-refractivity contribution in [1.29, 1.82) is 0 Å². The number of fused-ring (bicyclic) bond motifs is 1. The van der Waals surface area contributed by atoms with Crippen molar-refractivity contribution >= 4 is 27.5 Å². The molecule has 1 amide bonds. The van der Waals surface area contributed by atoms with Gasteiger partial charge in [-0.2, -0.15) is 0 Å². The van der Waals surface area contributed by atoms with E-state index in [1.807, 2.05) is 24.3 Å². The highest BCUT2D eigenvalue weighted by molar-refractivity contribution is 7.18. The lowest BCUT2D eigenvalue weighted by Crippen LogP contribution is -2.44. The molecular formula is C14H16N2O2S. The summed E-state index contributed by atoms with van der Waals surface area (Å²) in [5.41, 5.74) is -0.201. The minimum absolute atomic E-state index is 0.260. The van der Waals surface area contributed by atoms with Crippen molar-refractivity contribution in [2.24, 2.45) is 0 Å². The molecule has 1 aromatic heterocycles. The Morgan fingerprint density at radius 1 is 1.37 bits per heavy atom. The molecule has 19 heavy (non-hydrogen) atoms. The van der Waals surface area contributed by atoms with Crippen LogP contribution in [-0.4, -0.2) is 21.6 Å². The van der Waals surface area contributed by atoms with Gasteiger partial charge in [0.1, 0.15) is 10.6 Å². The SMILES string of the molecule is O=C(NCc1nc2ccccc2s1)C1(O)CCCC1. The second-order valence-corrected chi connectivity index (χ2v) is 6.11. The van der Waals surface area contributed by atoms with E-state index in [-0.39, 0.29) is 5.91 Å². The second kappa shape index (κ2) is 4.90. The molecule has 0 spiro atoms. The van der Waals surface area contributed by atoms with E-state index < -0.39 is 5.60 Å². The number of carbonyl (C=O) groups excluding carboxylic acids is 1. The maximum Gasteiger partial charge on any atom is 0.252 e. The number of carbonyl (C=O) groups is 1. The summed E-state index contributed by atoms with van der Waals surface area (Å²) >= 11 is 1.57. The smallest absolute Gasteiger partial charge is 0.252 e. The fraction of sp³-hybridized carbons (Fsp3) is 0.429. The zero-order valence-corrected chi connectivity index (χ0v) is 11.4. The molecule has 1 aliphatic carbocycles. The molecule has 5 heteroatoms. The number of benzene rings is 1. The highest BCUT2D eigenvalue weighted by Gasteiger charge is 2.38. The number of rotatable bonds is 3. The van der Waals surface area contributed by atoms with Crippen LogP contribution in [0.3, 0.4) is 0 Å². The van der Waals surface area contributed by atoms with E-state index in [1.54, 1.807) is 11.3 Å². The minimum atomic E-state index is -1.16. The lowest BCUT2D eigenvalue weighted by atomic mass is 10.0. The summed E-state index contributed by atoms with van der Waals surface area (Å²) in [4.78, 5) is 16.4. The first kappa shape index (κ1) is 12.6. The molecule has 3 rings (SSSR count). The molecule has 4 nitrogen and oxygen atoms in total. The molecule has 1 saturated carbocycles. The van der Waals surface area contributed by atoms with Gasteiger partial charge in [-0.25, -0.2) is 4.98 Å². The summed E-state index contributed by atoms with van der Waals surface area (Å²) in [6, 6.07) is 7.90. The van der Waals surface area contributed by atoms with Gasteiger partial charge in [0, 0.05) is 0 Å².